The van der Waals surface area contributed by atoms with Gasteiger partial charge in [-0.3, -0.25) is 9.89 Å². The summed E-state index contributed by atoms with van der Waals surface area (Å²) < 4.78 is 0. The highest BCUT2D eigenvalue weighted by Gasteiger charge is 2.22. The summed E-state index contributed by atoms with van der Waals surface area (Å²) >= 11 is 0. The Bertz CT molecular complexity index is 433. The first kappa shape index (κ1) is 10.9. The van der Waals surface area contributed by atoms with E-state index in [2.05, 4.69) is 20.7 Å². The number of nitrogens with zero attached hydrogens (tertiary/aromatic N) is 2. The number of hydrogen-bond donors (Lipinski definition) is 2. The van der Waals surface area contributed by atoms with Crippen LogP contribution in [0.4, 0.5) is 0 Å². The van der Waals surface area contributed by atoms with Gasteiger partial charge in [0.25, 0.3) is 5.91 Å². The van der Waals surface area contributed by atoms with E-state index in [9.17, 15) is 4.79 Å². The largest absolute Gasteiger partial charge is 0.292 e. The first-order chi connectivity index (χ1) is 7.72. The van der Waals surface area contributed by atoms with Crippen LogP contribution in [0.5, 0.6) is 0 Å². The average molecular weight is 220 g/mol. The Kier molecular flexibility index (Phi) is 3.03. The van der Waals surface area contributed by atoms with Gasteiger partial charge >= 0.3 is 0 Å². The van der Waals surface area contributed by atoms with Gasteiger partial charge in [-0.25, -0.2) is 5.43 Å². The van der Waals surface area contributed by atoms with Crippen molar-refractivity contribution in [2.24, 2.45) is 5.10 Å². The number of carbonyl (C=O) groups excluding carboxylic acids is 1. The number of carbonyl (C=O) groups is 1. The molecule has 0 saturated carbocycles. The minimum absolute atomic E-state index is 0.216. The number of H-pyrrole nitrogens is 1. The zero-order chi connectivity index (χ0) is 11.5. The minimum atomic E-state index is -0.216. The minimum Gasteiger partial charge on any atom is -0.281 e. The molecule has 0 fully saturated rings. The van der Waals surface area contributed by atoms with E-state index in [1.165, 1.54) is 0 Å². The summed E-state index contributed by atoms with van der Waals surface area (Å²) in [6.45, 7) is 3.88. The second-order valence-electron chi connectivity index (χ2n) is 4.02. The highest BCUT2D eigenvalue weighted by Crippen LogP contribution is 2.22. The molecule has 5 nitrogen and oxygen atoms in total. The van der Waals surface area contributed by atoms with Gasteiger partial charge < -0.3 is 0 Å². The molecule has 1 amide bonds. The zero-order valence-corrected chi connectivity index (χ0v) is 9.63. The maximum Gasteiger partial charge on any atom is 0.292 e. The molecule has 0 aliphatic heterocycles. The molecule has 1 aromatic rings. The van der Waals surface area contributed by atoms with Crippen LogP contribution in [0.25, 0.3) is 0 Å². The van der Waals surface area contributed by atoms with Crippen LogP contribution < -0.4 is 5.43 Å². The maximum atomic E-state index is 11.8. The molecule has 1 heterocycles. The van der Waals surface area contributed by atoms with Gasteiger partial charge in [-0.15, -0.1) is 0 Å². The van der Waals surface area contributed by atoms with E-state index in [1.807, 2.05) is 13.8 Å². The standard InChI is InChI=1S/C11H16N4O/c1-3-7(2)12-15-11(16)10-8-5-4-6-9(8)13-14-10/h3-6H2,1-2H3,(H,13,14)(H,15,16). The monoisotopic (exact) mass is 220 g/mol. The Morgan fingerprint density at radius 1 is 1.56 bits per heavy atom. The molecular formula is C11H16N4O. The van der Waals surface area contributed by atoms with E-state index in [4.69, 9.17) is 0 Å². The van der Waals surface area contributed by atoms with Crippen molar-refractivity contribution < 1.29 is 4.79 Å². The lowest BCUT2D eigenvalue weighted by atomic mass is 10.2. The summed E-state index contributed by atoms with van der Waals surface area (Å²) in [6, 6.07) is 0. The Balaban J connectivity index is 2.10. The smallest absolute Gasteiger partial charge is 0.281 e. The van der Waals surface area contributed by atoms with Crippen LogP contribution in [0.3, 0.4) is 0 Å². The maximum absolute atomic E-state index is 11.8. The van der Waals surface area contributed by atoms with Crippen LogP contribution in [-0.4, -0.2) is 21.8 Å². The number of hydrogen-bond acceptors (Lipinski definition) is 3. The predicted octanol–water partition coefficient (Wildman–Crippen LogP) is 1.41. The van der Waals surface area contributed by atoms with Gasteiger partial charge in [-0.2, -0.15) is 10.2 Å². The topological polar surface area (TPSA) is 70.1 Å². The molecular weight excluding hydrogens is 204 g/mol. The van der Waals surface area contributed by atoms with Crippen LogP contribution in [-0.2, 0) is 12.8 Å². The van der Waals surface area contributed by atoms with E-state index in [0.717, 1.165) is 42.7 Å². The molecule has 0 saturated heterocycles. The van der Waals surface area contributed by atoms with Gasteiger partial charge in [-0.05, 0) is 32.6 Å². The van der Waals surface area contributed by atoms with Crippen molar-refractivity contribution in [3.63, 3.8) is 0 Å². The lowest BCUT2D eigenvalue weighted by Gasteiger charge is -1.99. The van der Waals surface area contributed by atoms with E-state index < -0.39 is 0 Å². The molecule has 0 radical (unpaired) electrons. The molecule has 16 heavy (non-hydrogen) atoms. The average Bonchev–Trinajstić information content (AvgIpc) is 2.86. The number of aromatic amines is 1. The lowest BCUT2D eigenvalue weighted by molar-refractivity contribution is 0.0949. The third-order valence-electron chi connectivity index (χ3n) is 2.88. The van der Waals surface area contributed by atoms with Crippen molar-refractivity contribution >= 4 is 11.6 Å². The molecule has 86 valence electrons. The normalized spacial score (nSPS) is 15.0. The second-order valence-corrected chi connectivity index (χ2v) is 4.02. The Morgan fingerprint density at radius 2 is 2.38 bits per heavy atom. The van der Waals surface area contributed by atoms with E-state index in [-0.39, 0.29) is 5.91 Å². The highest BCUT2D eigenvalue weighted by atomic mass is 16.2. The molecule has 0 spiro atoms. The third-order valence-corrected chi connectivity index (χ3v) is 2.88. The van der Waals surface area contributed by atoms with E-state index >= 15 is 0 Å². The Labute approximate surface area is 94.3 Å². The quantitative estimate of drug-likeness (QED) is 0.597. The summed E-state index contributed by atoms with van der Waals surface area (Å²) in [4.78, 5) is 11.8. The molecule has 2 rings (SSSR count). The molecule has 5 heteroatoms. The summed E-state index contributed by atoms with van der Waals surface area (Å²) in [5, 5.41) is 10.9. The second kappa shape index (κ2) is 4.47. The summed E-state index contributed by atoms with van der Waals surface area (Å²) in [7, 11) is 0. The summed E-state index contributed by atoms with van der Waals surface area (Å²) in [5.41, 5.74) is 6.09. The van der Waals surface area contributed by atoms with Gasteiger partial charge in [0.05, 0.1) is 0 Å². The molecule has 0 aromatic carbocycles. The molecule has 2 N–H and O–H groups in total. The first-order valence-electron chi connectivity index (χ1n) is 5.62. The SMILES string of the molecule is CCC(C)=NNC(=O)c1n[nH]c2c1CCC2. The fourth-order valence-corrected chi connectivity index (χ4v) is 1.79. The van der Waals surface area contributed by atoms with Crippen molar-refractivity contribution in [2.75, 3.05) is 0 Å². The number of fused-ring (bicyclic) bond motifs is 1. The molecule has 1 aliphatic rings. The van der Waals surface area contributed by atoms with Crippen molar-refractivity contribution in [3.05, 3.63) is 17.0 Å². The summed E-state index contributed by atoms with van der Waals surface area (Å²) in [6.07, 6.45) is 3.86. The van der Waals surface area contributed by atoms with Crippen molar-refractivity contribution in [1.82, 2.24) is 15.6 Å². The zero-order valence-electron chi connectivity index (χ0n) is 9.63. The molecule has 0 unspecified atom stereocenters. The molecule has 1 aromatic heterocycles. The lowest BCUT2D eigenvalue weighted by Crippen LogP contribution is -2.20. The fraction of sp³-hybridized carbons (Fsp3) is 0.545. The van der Waals surface area contributed by atoms with Gasteiger partial charge in [-0.1, -0.05) is 6.92 Å². The number of rotatable bonds is 3. The van der Waals surface area contributed by atoms with Crippen LogP contribution in [0.1, 0.15) is 48.4 Å². The number of aromatic nitrogens is 2. The van der Waals surface area contributed by atoms with E-state index in [1.54, 1.807) is 0 Å². The Hall–Kier alpha value is -1.65. The molecule has 0 atom stereocenters. The highest BCUT2D eigenvalue weighted by molar-refractivity contribution is 5.95. The predicted molar refractivity (Wildman–Crippen MR) is 61.5 cm³/mol. The van der Waals surface area contributed by atoms with Crippen LogP contribution in [0, 0.1) is 0 Å². The Morgan fingerprint density at radius 3 is 3.12 bits per heavy atom. The third kappa shape index (κ3) is 1.98. The molecule has 0 bridgehead atoms. The number of aryl methyl sites for hydroxylation is 1. The van der Waals surface area contributed by atoms with E-state index in [0.29, 0.717) is 5.69 Å². The van der Waals surface area contributed by atoms with Gasteiger partial charge in [0.15, 0.2) is 5.69 Å². The number of amides is 1. The number of hydrazone groups is 1. The van der Waals surface area contributed by atoms with Gasteiger partial charge in [0.1, 0.15) is 0 Å². The van der Waals surface area contributed by atoms with Crippen molar-refractivity contribution in [3.8, 4) is 0 Å². The number of nitrogens with one attached hydrogen (secondary N) is 2. The van der Waals surface area contributed by atoms with Crippen LogP contribution >= 0.6 is 0 Å². The van der Waals surface area contributed by atoms with Crippen molar-refractivity contribution in [1.29, 1.82) is 0 Å². The molecule has 1 aliphatic carbocycles. The summed E-state index contributed by atoms with van der Waals surface area (Å²) in [5.74, 6) is -0.216. The van der Waals surface area contributed by atoms with Crippen LogP contribution in [0.15, 0.2) is 5.10 Å². The fourth-order valence-electron chi connectivity index (χ4n) is 1.79. The first-order valence-corrected chi connectivity index (χ1v) is 5.62. The van der Waals surface area contributed by atoms with Gasteiger partial charge in [0, 0.05) is 17.0 Å². The van der Waals surface area contributed by atoms with Crippen molar-refractivity contribution in [2.45, 2.75) is 39.5 Å². The van der Waals surface area contributed by atoms with Gasteiger partial charge in [0.2, 0.25) is 0 Å². The van der Waals surface area contributed by atoms with Crippen LogP contribution in [0.2, 0.25) is 0 Å².